The van der Waals surface area contributed by atoms with Crippen LogP contribution in [0.5, 0.6) is 0 Å². The SMILES string of the molecule is Cc1nccs1.O=C(O)c1cc(-c2ccc(F)cc2)no1. The van der Waals surface area contributed by atoms with Gasteiger partial charge in [0.1, 0.15) is 11.5 Å². The van der Waals surface area contributed by atoms with Crippen LogP contribution in [0.25, 0.3) is 11.3 Å². The maximum Gasteiger partial charge on any atom is 0.374 e. The van der Waals surface area contributed by atoms with Gasteiger partial charge in [0, 0.05) is 23.2 Å². The lowest BCUT2D eigenvalue weighted by atomic mass is 10.1. The van der Waals surface area contributed by atoms with Crippen LogP contribution >= 0.6 is 11.3 Å². The minimum Gasteiger partial charge on any atom is -0.475 e. The summed E-state index contributed by atoms with van der Waals surface area (Å²) in [4.78, 5) is 14.4. The van der Waals surface area contributed by atoms with Gasteiger partial charge in [-0.15, -0.1) is 11.3 Å². The number of aryl methyl sites for hydroxylation is 1. The fraction of sp³-hybridized carbons (Fsp3) is 0.0714. The van der Waals surface area contributed by atoms with Crippen molar-refractivity contribution in [3.8, 4) is 11.3 Å². The zero-order valence-electron chi connectivity index (χ0n) is 11.0. The van der Waals surface area contributed by atoms with Crippen LogP contribution in [0.4, 0.5) is 4.39 Å². The maximum atomic E-state index is 12.6. The molecule has 0 bridgehead atoms. The van der Waals surface area contributed by atoms with E-state index in [2.05, 4.69) is 14.7 Å². The predicted molar refractivity (Wildman–Crippen MR) is 75.7 cm³/mol. The average Bonchev–Trinajstić information content (AvgIpc) is 3.11. The summed E-state index contributed by atoms with van der Waals surface area (Å²) in [5.74, 6) is -1.79. The Hall–Kier alpha value is -2.54. The molecule has 3 rings (SSSR count). The molecule has 0 amide bonds. The molecule has 0 aliphatic carbocycles. The Morgan fingerprint density at radius 3 is 2.48 bits per heavy atom. The number of hydrogen-bond acceptors (Lipinski definition) is 5. The monoisotopic (exact) mass is 306 g/mol. The van der Waals surface area contributed by atoms with Crippen molar-refractivity contribution in [2.24, 2.45) is 0 Å². The van der Waals surface area contributed by atoms with Gasteiger partial charge in [-0.3, -0.25) is 4.98 Å². The summed E-state index contributed by atoms with van der Waals surface area (Å²) in [5.41, 5.74) is 0.972. The highest BCUT2D eigenvalue weighted by atomic mass is 32.1. The fourth-order valence-corrected chi connectivity index (χ4v) is 1.87. The number of thiazole rings is 1. The third kappa shape index (κ3) is 4.22. The smallest absolute Gasteiger partial charge is 0.374 e. The normalized spacial score (nSPS) is 9.81. The Balaban J connectivity index is 0.000000225. The summed E-state index contributed by atoms with van der Waals surface area (Å²) in [6.45, 7) is 1.99. The van der Waals surface area contributed by atoms with Gasteiger partial charge >= 0.3 is 5.97 Å². The molecular weight excluding hydrogens is 295 g/mol. The average molecular weight is 306 g/mol. The molecule has 0 atom stereocenters. The molecule has 0 aliphatic heterocycles. The van der Waals surface area contributed by atoms with Gasteiger partial charge in [0.05, 0.1) is 5.01 Å². The van der Waals surface area contributed by atoms with E-state index in [-0.39, 0.29) is 11.6 Å². The van der Waals surface area contributed by atoms with Gasteiger partial charge < -0.3 is 9.63 Å². The van der Waals surface area contributed by atoms with E-state index in [0.29, 0.717) is 11.3 Å². The maximum absolute atomic E-state index is 12.6. The van der Waals surface area contributed by atoms with E-state index >= 15 is 0 Å². The van der Waals surface area contributed by atoms with Crippen LogP contribution in [-0.2, 0) is 0 Å². The Labute approximate surface area is 123 Å². The largest absolute Gasteiger partial charge is 0.475 e. The van der Waals surface area contributed by atoms with Crippen LogP contribution in [0.2, 0.25) is 0 Å². The first-order chi connectivity index (χ1) is 10.1. The zero-order chi connectivity index (χ0) is 15.2. The Bertz CT molecular complexity index is 708. The summed E-state index contributed by atoms with van der Waals surface area (Å²) >= 11 is 1.67. The number of carboxylic acid groups (broad SMARTS) is 1. The summed E-state index contributed by atoms with van der Waals surface area (Å²) in [7, 11) is 0. The van der Waals surface area contributed by atoms with E-state index in [9.17, 15) is 9.18 Å². The first-order valence-electron chi connectivity index (χ1n) is 5.88. The number of hydrogen-bond donors (Lipinski definition) is 1. The molecule has 2 aromatic heterocycles. The molecule has 2 heterocycles. The van der Waals surface area contributed by atoms with Gasteiger partial charge in [0.25, 0.3) is 0 Å². The summed E-state index contributed by atoms with van der Waals surface area (Å²) in [6, 6.07) is 6.82. The van der Waals surface area contributed by atoms with Crippen molar-refractivity contribution in [3.63, 3.8) is 0 Å². The highest BCUT2D eigenvalue weighted by Crippen LogP contribution is 2.19. The Morgan fingerprint density at radius 2 is 2.05 bits per heavy atom. The first-order valence-corrected chi connectivity index (χ1v) is 6.76. The molecular formula is C14H11FN2O3S. The molecule has 0 saturated carbocycles. The number of nitrogens with zero attached hydrogens (tertiary/aromatic N) is 2. The third-order valence-electron chi connectivity index (χ3n) is 2.42. The lowest BCUT2D eigenvalue weighted by Gasteiger charge is -1.93. The minimum atomic E-state index is -1.18. The second-order valence-electron chi connectivity index (χ2n) is 3.94. The number of carbonyl (C=O) groups is 1. The molecule has 0 radical (unpaired) electrons. The van der Waals surface area contributed by atoms with Crippen LogP contribution in [-0.4, -0.2) is 21.2 Å². The number of halogens is 1. The van der Waals surface area contributed by atoms with E-state index in [4.69, 9.17) is 5.11 Å². The molecule has 0 spiro atoms. The molecule has 0 fully saturated rings. The van der Waals surface area contributed by atoms with E-state index < -0.39 is 5.97 Å². The quantitative estimate of drug-likeness (QED) is 0.782. The van der Waals surface area contributed by atoms with Gasteiger partial charge in [0.15, 0.2) is 0 Å². The van der Waals surface area contributed by atoms with E-state index in [0.717, 1.165) is 5.01 Å². The molecule has 1 N–H and O–H groups in total. The molecule has 0 unspecified atom stereocenters. The van der Waals surface area contributed by atoms with Crippen molar-refractivity contribution >= 4 is 17.3 Å². The minimum absolute atomic E-state index is 0.241. The zero-order valence-corrected chi connectivity index (χ0v) is 11.8. The van der Waals surface area contributed by atoms with Crippen LogP contribution in [0.1, 0.15) is 15.6 Å². The standard InChI is InChI=1S/C10H6FNO3.C4H5NS/c11-7-3-1-6(2-4-7)8-5-9(10(13)14)15-12-8;1-4-5-2-3-6-4/h1-5H,(H,13,14);2-3H,1H3. The number of aromatic nitrogens is 2. The molecule has 21 heavy (non-hydrogen) atoms. The van der Waals surface area contributed by atoms with Crippen molar-refractivity contribution in [2.75, 3.05) is 0 Å². The number of benzene rings is 1. The van der Waals surface area contributed by atoms with E-state index in [1.165, 1.54) is 30.3 Å². The van der Waals surface area contributed by atoms with Crippen LogP contribution in [0, 0.1) is 12.7 Å². The molecule has 0 saturated heterocycles. The van der Waals surface area contributed by atoms with Crippen molar-refractivity contribution in [1.29, 1.82) is 0 Å². The first kappa shape index (κ1) is 14.9. The van der Waals surface area contributed by atoms with Gasteiger partial charge in [-0.05, 0) is 31.2 Å². The second kappa shape index (κ2) is 6.76. The molecule has 5 nitrogen and oxygen atoms in total. The van der Waals surface area contributed by atoms with Gasteiger partial charge in [-0.2, -0.15) is 0 Å². The van der Waals surface area contributed by atoms with E-state index in [1.807, 2.05) is 12.3 Å². The molecule has 1 aromatic carbocycles. The van der Waals surface area contributed by atoms with Crippen molar-refractivity contribution in [1.82, 2.24) is 10.1 Å². The summed E-state index contributed by atoms with van der Waals surface area (Å²) in [6.07, 6.45) is 1.81. The molecule has 7 heteroatoms. The van der Waals surface area contributed by atoms with Gasteiger partial charge in [-0.25, -0.2) is 9.18 Å². The summed E-state index contributed by atoms with van der Waals surface area (Å²) < 4.78 is 17.2. The third-order valence-corrected chi connectivity index (χ3v) is 3.12. The Kier molecular flexibility index (Phi) is 4.78. The molecule has 108 valence electrons. The van der Waals surface area contributed by atoms with Crippen LogP contribution in [0.3, 0.4) is 0 Å². The topological polar surface area (TPSA) is 76.2 Å². The number of carboxylic acids is 1. The lowest BCUT2D eigenvalue weighted by molar-refractivity contribution is 0.0652. The molecule has 0 aliphatic rings. The van der Waals surface area contributed by atoms with Crippen LogP contribution in [0.15, 0.2) is 46.4 Å². The van der Waals surface area contributed by atoms with Crippen molar-refractivity contribution in [3.05, 3.63) is 58.5 Å². The predicted octanol–water partition coefficient (Wildman–Crippen LogP) is 3.63. The van der Waals surface area contributed by atoms with Crippen molar-refractivity contribution in [2.45, 2.75) is 6.92 Å². The van der Waals surface area contributed by atoms with Gasteiger partial charge in [0.2, 0.25) is 5.76 Å². The number of rotatable bonds is 2. The van der Waals surface area contributed by atoms with Gasteiger partial charge in [-0.1, -0.05) is 5.16 Å². The number of aromatic carboxylic acids is 1. The van der Waals surface area contributed by atoms with Crippen LogP contribution < -0.4 is 0 Å². The van der Waals surface area contributed by atoms with E-state index in [1.54, 1.807) is 17.5 Å². The lowest BCUT2D eigenvalue weighted by Crippen LogP contribution is -1.91. The summed E-state index contributed by atoms with van der Waals surface area (Å²) in [5, 5.41) is 15.3. The Morgan fingerprint density at radius 1 is 1.33 bits per heavy atom. The highest BCUT2D eigenvalue weighted by Gasteiger charge is 2.11. The second-order valence-corrected chi connectivity index (χ2v) is 5.04. The molecule has 3 aromatic rings. The highest BCUT2D eigenvalue weighted by molar-refractivity contribution is 7.09. The van der Waals surface area contributed by atoms with Crippen molar-refractivity contribution < 1.29 is 18.8 Å². The fourth-order valence-electron chi connectivity index (χ4n) is 1.43.